The number of hydrogen-bond acceptors (Lipinski definition) is 4. The maximum absolute atomic E-state index is 12.9. The van der Waals surface area contributed by atoms with Crippen molar-refractivity contribution in [1.29, 1.82) is 0 Å². The number of aromatic nitrogens is 4. The third kappa shape index (κ3) is 2.57. The summed E-state index contributed by atoms with van der Waals surface area (Å²) >= 11 is 0. The van der Waals surface area contributed by atoms with Crippen molar-refractivity contribution in [3.05, 3.63) is 58.6 Å². The highest BCUT2D eigenvalue weighted by Gasteiger charge is 2.32. The second-order valence-electron chi connectivity index (χ2n) is 5.59. The molecule has 0 aliphatic rings. The Bertz CT molecular complexity index is 1190. The fourth-order valence-corrected chi connectivity index (χ4v) is 2.73. The molecular weight excluding hydrogens is 349 g/mol. The standard InChI is InChI=1S/C17H11F3N4O2/c1-26-10-2-3-11-13(7-10)24-15(22-16(11)25)8-12(23-24)9-4-5-21-14(6-9)17(18,19)20/h2-8H,1H3,(H,22,25). The summed E-state index contributed by atoms with van der Waals surface area (Å²) in [5.74, 6) is 0.532. The van der Waals surface area contributed by atoms with Gasteiger partial charge in [-0.15, -0.1) is 0 Å². The van der Waals surface area contributed by atoms with Gasteiger partial charge in [-0.1, -0.05) is 0 Å². The fourth-order valence-electron chi connectivity index (χ4n) is 2.73. The van der Waals surface area contributed by atoms with E-state index in [2.05, 4.69) is 15.1 Å². The Morgan fingerprint density at radius 1 is 1.15 bits per heavy atom. The average Bonchev–Trinajstić information content (AvgIpc) is 3.05. The van der Waals surface area contributed by atoms with Gasteiger partial charge in [0.05, 0.1) is 23.7 Å². The van der Waals surface area contributed by atoms with Crippen LogP contribution in [0.2, 0.25) is 0 Å². The molecule has 0 amide bonds. The number of benzene rings is 1. The monoisotopic (exact) mass is 360 g/mol. The van der Waals surface area contributed by atoms with Crippen molar-refractivity contribution in [3.8, 4) is 17.0 Å². The van der Waals surface area contributed by atoms with E-state index in [0.717, 1.165) is 12.3 Å². The van der Waals surface area contributed by atoms with Crippen molar-refractivity contribution in [2.24, 2.45) is 0 Å². The van der Waals surface area contributed by atoms with Gasteiger partial charge in [0.1, 0.15) is 17.1 Å². The van der Waals surface area contributed by atoms with Gasteiger partial charge in [-0.2, -0.15) is 18.3 Å². The van der Waals surface area contributed by atoms with Crippen LogP contribution in [0.5, 0.6) is 5.75 Å². The topological polar surface area (TPSA) is 72.3 Å². The molecule has 3 aromatic heterocycles. The highest BCUT2D eigenvalue weighted by atomic mass is 19.4. The van der Waals surface area contributed by atoms with Crippen molar-refractivity contribution >= 4 is 16.6 Å². The molecule has 26 heavy (non-hydrogen) atoms. The first-order chi connectivity index (χ1) is 12.4. The largest absolute Gasteiger partial charge is 0.497 e. The Kier molecular flexibility index (Phi) is 3.46. The van der Waals surface area contributed by atoms with E-state index >= 15 is 0 Å². The number of ether oxygens (including phenoxy) is 1. The zero-order chi connectivity index (χ0) is 18.5. The van der Waals surface area contributed by atoms with Crippen LogP contribution in [-0.4, -0.2) is 26.7 Å². The van der Waals surface area contributed by atoms with Gasteiger partial charge in [0.2, 0.25) is 0 Å². The van der Waals surface area contributed by atoms with Crippen LogP contribution in [0.1, 0.15) is 5.69 Å². The van der Waals surface area contributed by atoms with Crippen LogP contribution in [0.15, 0.2) is 47.4 Å². The second kappa shape index (κ2) is 5.58. The molecule has 6 nitrogen and oxygen atoms in total. The van der Waals surface area contributed by atoms with E-state index in [1.807, 2.05) is 0 Å². The predicted octanol–water partition coefficient (Wildman–Crippen LogP) is 3.27. The number of hydrogen-bond donors (Lipinski definition) is 1. The van der Waals surface area contributed by atoms with Crippen LogP contribution in [0.3, 0.4) is 0 Å². The molecule has 1 N–H and O–H groups in total. The first-order valence-corrected chi connectivity index (χ1v) is 7.50. The maximum Gasteiger partial charge on any atom is 0.433 e. The molecule has 0 spiro atoms. The third-order valence-electron chi connectivity index (χ3n) is 3.97. The first kappa shape index (κ1) is 16.1. The molecule has 9 heteroatoms. The Morgan fingerprint density at radius 2 is 1.96 bits per heavy atom. The van der Waals surface area contributed by atoms with Crippen LogP contribution in [0, 0.1) is 0 Å². The zero-order valence-corrected chi connectivity index (χ0v) is 13.3. The van der Waals surface area contributed by atoms with Gasteiger partial charge in [-0.25, -0.2) is 4.52 Å². The molecule has 0 radical (unpaired) electrons. The SMILES string of the molecule is COc1ccc2c(=O)[nH]c3cc(-c4ccnc(C(F)(F)F)c4)nn3c2c1. The van der Waals surface area contributed by atoms with E-state index in [-0.39, 0.29) is 16.8 Å². The van der Waals surface area contributed by atoms with E-state index in [0.29, 0.717) is 22.3 Å². The Labute approximate surface area is 143 Å². The summed E-state index contributed by atoms with van der Waals surface area (Å²) in [7, 11) is 1.50. The summed E-state index contributed by atoms with van der Waals surface area (Å²) < 4.78 is 45.3. The van der Waals surface area contributed by atoms with Crippen molar-refractivity contribution in [3.63, 3.8) is 0 Å². The molecule has 0 saturated heterocycles. The number of alkyl halides is 3. The maximum atomic E-state index is 12.9. The van der Waals surface area contributed by atoms with E-state index in [9.17, 15) is 18.0 Å². The van der Waals surface area contributed by atoms with Crippen molar-refractivity contribution in [2.45, 2.75) is 6.18 Å². The van der Waals surface area contributed by atoms with Gasteiger partial charge >= 0.3 is 6.18 Å². The van der Waals surface area contributed by atoms with Gasteiger partial charge in [0.25, 0.3) is 5.56 Å². The molecule has 4 aromatic rings. The van der Waals surface area contributed by atoms with E-state index in [4.69, 9.17) is 4.74 Å². The lowest BCUT2D eigenvalue weighted by Crippen LogP contribution is -2.10. The summed E-state index contributed by atoms with van der Waals surface area (Å²) in [6.07, 6.45) is -3.48. The summed E-state index contributed by atoms with van der Waals surface area (Å²) in [4.78, 5) is 18.2. The summed E-state index contributed by atoms with van der Waals surface area (Å²) in [5.41, 5.74) is 0.0340. The molecule has 0 aliphatic carbocycles. The number of nitrogens with zero attached hydrogens (tertiary/aromatic N) is 3. The van der Waals surface area contributed by atoms with Gasteiger partial charge in [0.15, 0.2) is 0 Å². The lowest BCUT2D eigenvalue weighted by molar-refractivity contribution is -0.141. The zero-order valence-electron chi connectivity index (χ0n) is 13.3. The van der Waals surface area contributed by atoms with Crippen LogP contribution in [-0.2, 0) is 6.18 Å². The van der Waals surface area contributed by atoms with Gasteiger partial charge in [-0.3, -0.25) is 9.78 Å². The number of aromatic amines is 1. The summed E-state index contributed by atoms with van der Waals surface area (Å²) in [6, 6.07) is 8.74. The summed E-state index contributed by atoms with van der Waals surface area (Å²) in [5, 5.41) is 4.73. The Hall–Kier alpha value is -3.36. The molecule has 0 aliphatic heterocycles. The van der Waals surface area contributed by atoms with Crippen LogP contribution in [0.4, 0.5) is 13.2 Å². The van der Waals surface area contributed by atoms with Crippen LogP contribution in [0.25, 0.3) is 27.8 Å². The highest BCUT2D eigenvalue weighted by Crippen LogP contribution is 2.30. The number of methoxy groups -OCH3 is 1. The number of halogens is 3. The molecular formula is C17H11F3N4O2. The molecule has 0 bridgehead atoms. The third-order valence-corrected chi connectivity index (χ3v) is 3.97. The number of nitrogens with one attached hydrogen (secondary N) is 1. The highest BCUT2D eigenvalue weighted by molar-refractivity contribution is 5.82. The predicted molar refractivity (Wildman–Crippen MR) is 88.1 cm³/mol. The van der Waals surface area contributed by atoms with Crippen molar-refractivity contribution in [2.75, 3.05) is 7.11 Å². The molecule has 132 valence electrons. The Balaban J connectivity index is 1.96. The molecule has 0 fully saturated rings. The van der Waals surface area contributed by atoms with Gasteiger partial charge in [-0.05, 0) is 24.3 Å². The van der Waals surface area contributed by atoms with Gasteiger partial charge in [0, 0.05) is 23.9 Å². The normalized spacial score (nSPS) is 12.0. The second-order valence-corrected chi connectivity index (χ2v) is 5.59. The smallest absolute Gasteiger partial charge is 0.433 e. The van der Waals surface area contributed by atoms with E-state index < -0.39 is 11.9 Å². The minimum absolute atomic E-state index is 0.243. The molecule has 0 unspecified atom stereocenters. The van der Waals surface area contributed by atoms with Crippen LogP contribution < -0.4 is 10.3 Å². The van der Waals surface area contributed by atoms with Crippen molar-refractivity contribution in [1.82, 2.24) is 19.6 Å². The molecule has 4 rings (SSSR count). The molecule has 1 aromatic carbocycles. The molecule has 0 atom stereocenters. The average molecular weight is 360 g/mol. The molecule has 3 heterocycles. The number of fused-ring (bicyclic) bond motifs is 3. The summed E-state index contributed by atoms with van der Waals surface area (Å²) in [6.45, 7) is 0. The van der Waals surface area contributed by atoms with Crippen molar-refractivity contribution < 1.29 is 17.9 Å². The molecule has 0 saturated carbocycles. The quantitative estimate of drug-likeness (QED) is 0.596. The fraction of sp³-hybridized carbons (Fsp3) is 0.118. The minimum atomic E-state index is -4.55. The van der Waals surface area contributed by atoms with Gasteiger partial charge < -0.3 is 9.72 Å². The number of rotatable bonds is 2. The first-order valence-electron chi connectivity index (χ1n) is 7.50. The number of H-pyrrole nitrogens is 1. The lowest BCUT2D eigenvalue weighted by atomic mass is 10.1. The minimum Gasteiger partial charge on any atom is -0.497 e. The van der Waals surface area contributed by atoms with E-state index in [1.165, 1.54) is 23.8 Å². The van der Waals surface area contributed by atoms with E-state index in [1.54, 1.807) is 18.2 Å². The van der Waals surface area contributed by atoms with Crippen LogP contribution >= 0.6 is 0 Å². The Morgan fingerprint density at radius 3 is 2.69 bits per heavy atom. The lowest BCUT2D eigenvalue weighted by Gasteiger charge is -2.06. The number of pyridine rings is 1.